The molecule has 1 aliphatic rings. The molecule has 0 atom stereocenters. The zero-order chi connectivity index (χ0) is 15.7. The highest BCUT2D eigenvalue weighted by Gasteiger charge is 2.45. The number of amides is 1. The van der Waals surface area contributed by atoms with Gasteiger partial charge in [0.1, 0.15) is 0 Å². The fraction of sp³-hybridized carbons (Fsp3) is 0.500. The number of nitrogens with one attached hydrogen (secondary N) is 1. The maximum atomic E-state index is 12.7. The molecule has 2 rings (SSSR count). The van der Waals surface area contributed by atoms with E-state index < -0.39 is 36.7 Å². The molecule has 0 bridgehead atoms. The lowest BCUT2D eigenvalue weighted by Gasteiger charge is -2.38. The van der Waals surface area contributed by atoms with E-state index >= 15 is 0 Å². The molecule has 0 spiro atoms. The predicted molar refractivity (Wildman–Crippen MR) is 62.5 cm³/mol. The fourth-order valence-corrected chi connectivity index (χ4v) is 1.93. The number of alkyl halides is 5. The number of hydrogen-bond donors (Lipinski definition) is 1. The van der Waals surface area contributed by atoms with E-state index in [0.29, 0.717) is 0 Å². The van der Waals surface area contributed by atoms with Crippen LogP contribution in [0, 0.1) is 0 Å². The summed E-state index contributed by atoms with van der Waals surface area (Å²) in [6.07, 6.45) is -3.32. The average molecular weight is 309 g/mol. The maximum Gasteiger partial charge on any atom is 0.418 e. The van der Waals surface area contributed by atoms with Gasteiger partial charge in [0, 0.05) is 12.7 Å². The topological polar surface area (TPSA) is 45.2 Å². The fourth-order valence-electron chi connectivity index (χ4n) is 1.93. The lowest BCUT2D eigenvalue weighted by atomic mass is 10.1. The largest absolute Gasteiger partial charge is 0.418 e. The van der Waals surface area contributed by atoms with Crippen molar-refractivity contribution in [2.75, 3.05) is 19.6 Å². The Bertz CT molecular complexity index is 524. The van der Waals surface area contributed by atoms with E-state index in [1.165, 1.54) is 12.3 Å². The van der Waals surface area contributed by atoms with E-state index in [9.17, 15) is 26.7 Å². The lowest BCUT2D eigenvalue weighted by Crippen LogP contribution is -2.59. The molecule has 0 saturated carbocycles. The Morgan fingerprint density at radius 3 is 2.62 bits per heavy atom. The highest BCUT2D eigenvalue weighted by Crippen LogP contribution is 2.31. The molecule has 116 valence electrons. The Hall–Kier alpha value is -1.77. The van der Waals surface area contributed by atoms with Crippen LogP contribution in [0.2, 0.25) is 0 Å². The summed E-state index contributed by atoms with van der Waals surface area (Å²) in [5.74, 6) is -3.44. The molecule has 0 aliphatic carbocycles. The smallest absolute Gasteiger partial charge is 0.329 e. The normalized spacial score (nSPS) is 17.5. The minimum absolute atomic E-state index is 0.244. The summed E-state index contributed by atoms with van der Waals surface area (Å²) in [5.41, 5.74) is -1.13. The first-order chi connectivity index (χ1) is 9.69. The molecule has 0 aromatic carbocycles. The molecule has 0 unspecified atom stereocenters. The number of likely N-dealkylation sites (tertiary alicyclic amines) is 1. The molecular formula is C12H12F5N3O. The Kier molecular flexibility index (Phi) is 4.13. The van der Waals surface area contributed by atoms with Gasteiger partial charge in [0.15, 0.2) is 0 Å². The number of nitrogens with zero attached hydrogens (tertiary/aromatic N) is 2. The van der Waals surface area contributed by atoms with Crippen molar-refractivity contribution in [3.63, 3.8) is 0 Å². The van der Waals surface area contributed by atoms with E-state index in [1.807, 2.05) is 0 Å². The first-order valence-electron chi connectivity index (χ1n) is 6.06. The van der Waals surface area contributed by atoms with Gasteiger partial charge in [-0.05, 0) is 12.1 Å². The van der Waals surface area contributed by atoms with E-state index in [1.54, 1.807) is 0 Å². The second-order valence-electron chi connectivity index (χ2n) is 4.70. The Morgan fingerprint density at radius 2 is 2.05 bits per heavy atom. The first kappa shape index (κ1) is 15.6. The third kappa shape index (κ3) is 3.87. The number of carbonyl (C=O) groups excluding carboxylic acids is 1. The van der Waals surface area contributed by atoms with E-state index in [4.69, 9.17) is 0 Å². The van der Waals surface area contributed by atoms with E-state index in [-0.39, 0.29) is 18.8 Å². The molecule has 4 nitrogen and oxygen atoms in total. The van der Waals surface area contributed by atoms with Crippen molar-refractivity contribution in [3.8, 4) is 0 Å². The van der Waals surface area contributed by atoms with Crippen LogP contribution in [-0.4, -0.2) is 41.3 Å². The van der Waals surface area contributed by atoms with Gasteiger partial charge >= 0.3 is 6.18 Å². The maximum absolute atomic E-state index is 12.7. The molecule has 1 N–H and O–H groups in total. The van der Waals surface area contributed by atoms with Crippen LogP contribution < -0.4 is 5.32 Å². The Morgan fingerprint density at radius 1 is 1.38 bits per heavy atom. The molecule has 1 amide bonds. The summed E-state index contributed by atoms with van der Waals surface area (Å²) in [6, 6.07) is 2.06. The van der Waals surface area contributed by atoms with Crippen molar-refractivity contribution in [1.82, 2.24) is 15.2 Å². The van der Waals surface area contributed by atoms with Crippen molar-refractivity contribution in [2.24, 2.45) is 0 Å². The molecule has 1 saturated heterocycles. The van der Waals surface area contributed by atoms with Crippen LogP contribution in [0.15, 0.2) is 18.3 Å². The van der Waals surface area contributed by atoms with Gasteiger partial charge in [-0.1, -0.05) is 0 Å². The number of pyridine rings is 1. The third-order valence-corrected chi connectivity index (χ3v) is 2.96. The van der Waals surface area contributed by atoms with Crippen molar-refractivity contribution in [3.05, 3.63) is 29.6 Å². The standard InChI is InChI=1S/C12H12F5N3O/c13-11(14)6-20(7-11)10(21)5-18-4-9-8(12(15,16)17)2-1-3-19-9/h1-3,18H,4-7H2. The third-order valence-electron chi connectivity index (χ3n) is 2.96. The average Bonchev–Trinajstić information content (AvgIpc) is 2.35. The monoisotopic (exact) mass is 309 g/mol. The summed E-state index contributed by atoms with van der Waals surface area (Å²) in [7, 11) is 0. The van der Waals surface area contributed by atoms with Gasteiger partial charge < -0.3 is 10.2 Å². The number of aromatic nitrogens is 1. The minimum Gasteiger partial charge on any atom is -0.329 e. The van der Waals surface area contributed by atoms with Gasteiger partial charge in [-0.3, -0.25) is 9.78 Å². The van der Waals surface area contributed by atoms with Crippen LogP contribution >= 0.6 is 0 Å². The highest BCUT2D eigenvalue weighted by molar-refractivity contribution is 5.79. The van der Waals surface area contributed by atoms with Crippen LogP contribution in [0.5, 0.6) is 0 Å². The Balaban J connectivity index is 1.86. The lowest BCUT2D eigenvalue weighted by molar-refractivity contribution is -0.164. The van der Waals surface area contributed by atoms with Gasteiger partial charge in [0.25, 0.3) is 5.92 Å². The summed E-state index contributed by atoms with van der Waals surface area (Å²) < 4.78 is 63.2. The van der Waals surface area contributed by atoms with Crippen molar-refractivity contribution >= 4 is 5.91 Å². The van der Waals surface area contributed by atoms with E-state index in [0.717, 1.165) is 11.0 Å². The highest BCUT2D eigenvalue weighted by atomic mass is 19.4. The quantitative estimate of drug-likeness (QED) is 0.861. The van der Waals surface area contributed by atoms with Gasteiger partial charge in [0.2, 0.25) is 5.91 Å². The zero-order valence-corrected chi connectivity index (χ0v) is 10.8. The van der Waals surface area contributed by atoms with Gasteiger partial charge in [-0.25, -0.2) is 8.78 Å². The molecule has 2 heterocycles. The SMILES string of the molecule is O=C(CNCc1ncccc1C(F)(F)F)N1CC(F)(F)C1. The summed E-state index contributed by atoms with van der Waals surface area (Å²) >= 11 is 0. The molecule has 1 aliphatic heterocycles. The number of carbonyl (C=O) groups is 1. The molecule has 0 radical (unpaired) electrons. The zero-order valence-electron chi connectivity index (χ0n) is 10.8. The summed E-state index contributed by atoms with van der Waals surface area (Å²) in [5, 5.41) is 2.49. The van der Waals surface area contributed by atoms with Crippen LogP contribution in [-0.2, 0) is 17.5 Å². The number of rotatable bonds is 4. The molecular weight excluding hydrogens is 297 g/mol. The van der Waals surface area contributed by atoms with E-state index in [2.05, 4.69) is 10.3 Å². The number of hydrogen-bond acceptors (Lipinski definition) is 3. The number of halogens is 5. The van der Waals surface area contributed by atoms with Crippen LogP contribution in [0.3, 0.4) is 0 Å². The van der Waals surface area contributed by atoms with Gasteiger partial charge in [0.05, 0.1) is 30.9 Å². The minimum atomic E-state index is -4.53. The second kappa shape index (κ2) is 5.55. The summed E-state index contributed by atoms with van der Waals surface area (Å²) in [4.78, 5) is 16.0. The molecule has 21 heavy (non-hydrogen) atoms. The second-order valence-corrected chi connectivity index (χ2v) is 4.70. The van der Waals surface area contributed by atoms with Crippen LogP contribution in [0.25, 0.3) is 0 Å². The predicted octanol–water partition coefficient (Wildman–Crippen LogP) is 1.67. The van der Waals surface area contributed by atoms with Crippen molar-refractivity contribution in [1.29, 1.82) is 0 Å². The van der Waals surface area contributed by atoms with Crippen molar-refractivity contribution < 1.29 is 26.7 Å². The van der Waals surface area contributed by atoms with Crippen molar-refractivity contribution in [2.45, 2.75) is 18.6 Å². The molecule has 1 aromatic heterocycles. The van der Waals surface area contributed by atoms with Gasteiger partial charge in [-0.15, -0.1) is 0 Å². The van der Waals surface area contributed by atoms with Gasteiger partial charge in [-0.2, -0.15) is 13.2 Å². The first-order valence-corrected chi connectivity index (χ1v) is 6.06. The van der Waals surface area contributed by atoms with Crippen LogP contribution in [0.4, 0.5) is 22.0 Å². The molecule has 1 aromatic rings. The molecule has 9 heteroatoms. The Labute approximate surface area is 116 Å². The van der Waals surface area contributed by atoms with Crippen LogP contribution in [0.1, 0.15) is 11.3 Å². The summed E-state index contributed by atoms with van der Waals surface area (Å²) in [6.45, 7) is -1.88. The molecule has 1 fully saturated rings.